The van der Waals surface area contributed by atoms with Gasteiger partial charge in [0.15, 0.2) is 6.61 Å². The standard InChI is InChI=1S/C22H22Cl2F2N2O3/c23-17-7-1-13(9-19(17)25)11-27-22(30)14-2-4-15(5-3-14)28-21(29)12-31-16-6-8-18(24)20(26)10-16/h1,6-10,14-15H,2-5,11-12H2,(H,27,30)(H,28,29)/t14-,15-. The molecule has 2 N–H and O–H groups in total. The fraction of sp³-hybridized carbons (Fsp3) is 0.364. The van der Waals surface area contributed by atoms with Gasteiger partial charge in [-0.05, 0) is 55.5 Å². The van der Waals surface area contributed by atoms with Gasteiger partial charge in [-0.25, -0.2) is 8.78 Å². The van der Waals surface area contributed by atoms with Crippen LogP contribution >= 0.6 is 23.2 Å². The summed E-state index contributed by atoms with van der Waals surface area (Å²) in [7, 11) is 0. The maximum Gasteiger partial charge on any atom is 0.258 e. The zero-order valence-corrected chi connectivity index (χ0v) is 18.1. The lowest BCUT2D eigenvalue weighted by atomic mass is 9.85. The van der Waals surface area contributed by atoms with Gasteiger partial charge < -0.3 is 15.4 Å². The second-order valence-electron chi connectivity index (χ2n) is 7.45. The SMILES string of the molecule is O=C(COc1ccc(Cl)c(F)c1)N[C@H]1CC[C@H](C(=O)NCc2ccc(Cl)c(F)c2)CC1. The molecule has 0 saturated heterocycles. The lowest BCUT2D eigenvalue weighted by Crippen LogP contribution is -2.42. The van der Waals surface area contributed by atoms with Crippen LogP contribution in [0.5, 0.6) is 5.75 Å². The summed E-state index contributed by atoms with van der Waals surface area (Å²) in [6, 6.07) is 8.35. The van der Waals surface area contributed by atoms with Crippen LogP contribution < -0.4 is 15.4 Å². The van der Waals surface area contributed by atoms with Crippen molar-refractivity contribution in [2.75, 3.05) is 6.61 Å². The number of rotatable bonds is 7. The summed E-state index contributed by atoms with van der Waals surface area (Å²) >= 11 is 11.3. The topological polar surface area (TPSA) is 67.4 Å². The minimum atomic E-state index is -0.614. The first-order valence-electron chi connectivity index (χ1n) is 9.90. The van der Waals surface area contributed by atoms with Crippen molar-refractivity contribution in [2.45, 2.75) is 38.3 Å². The van der Waals surface area contributed by atoms with Crippen LogP contribution in [0.3, 0.4) is 0 Å². The van der Waals surface area contributed by atoms with E-state index in [1.165, 1.54) is 24.3 Å². The lowest BCUT2D eigenvalue weighted by molar-refractivity contribution is -0.126. The first-order valence-corrected chi connectivity index (χ1v) is 10.7. The van der Waals surface area contributed by atoms with E-state index in [0.717, 1.165) is 6.07 Å². The van der Waals surface area contributed by atoms with E-state index < -0.39 is 11.6 Å². The van der Waals surface area contributed by atoms with Crippen molar-refractivity contribution < 1.29 is 23.1 Å². The van der Waals surface area contributed by atoms with Gasteiger partial charge in [-0.15, -0.1) is 0 Å². The van der Waals surface area contributed by atoms with Gasteiger partial charge in [0.05, 0.1) is 10.0 Å². The predicted octanol–water partition coefficient (Wildman–Crippen LogP) is 4.64. The van der Waals surface area contributed by atoms with Crippen molar-refractivity contribution in [1.82, 2.24) is 10.6 Å². The molecule has 0 heterocycles. The Kier molecular flexibility index (Phi) is 8.09. The molecule has 2 aromatic carbocycles. The molecule has 1 saturated carbocycles. The Morgan fingerprint density at radius 3 is 2.26 bits per heavy atom. The summed E-state index contributed by atoms with van der Waals surface area (Å²) in [4.78, 5) is 24.5. The highest BCUT2D eigenvalue weighted by Crippen LogP contribution is 2.25. The van der Waals surface area contributed by atoms with Gasteiger partial charge in [0.2, 0.25) is 5.91 Å². The third-order valence-corrected chi connectivity index (χ3v) is 5.79. The molecule has 2 aromatic rings. The number of halogens is 4. The van der Waals surface area contributed by atoms with E-state index in [9.17, 15) is 18.4 Å². The molecule has 5 nitrogen and oxygen atoms in total. The fourth-order valence-electron chi connectivity index (χ4n) is 3.47. The van der Waals surface area contributed by atoms with Crippen LogP contribution in [-0.4, -0.2) is 24.5 Å². The van der Waals surface area contributed by atoms with Gasteiger partial charge in [-0.2, -0.15) is 0 Å². The summed E-state index contributed by atoms with van der Waals surface area (Å²) in [6.45, 7) is -0.00857. The molecule has 0 aromatic heterocycles. The van der Waals surface area contributed by atoms with Crippen molar-refractivity contribution in [1.29, 1.82) is 0 Å². The summed E-state index contributed by atoms with van der Waals surface area (Å²) < 4.78 is 32.2. The molecule has 0 unspecified atom stereocenters. The summed E-state index contributed by atoms with van der Waals surface area (Å²) in [5.74, 6) is -1.47. The number of benzene rings is 2. The van der Waals surface area contributed by atoms with Gasteiger partial charge in [-0.3, -0.25) is 9.59 Å². The first-order chi connectivity index (χ1) is 14.8. The largest absolute Gasteiger partial charge is 0.484 e. The molecular weight excluding hydrogens is 449 g/mol. The molecule has 1 aliphatic rings. The van der Waals surface area contributed by atoms with Crippen LogP contribution in [0.15, 0.2) is 36.4 Å². The molecule has 0 atom stereocenters. The van der Waals surface area contributed by atoms with E-state index in [4.69, 9.17) is 27.9 Å². The number of ether oxygens (including phenoxy) is 1. The van der Waals surface area contributed by atoms with Gasteiger partial charge in [0.1, 0.15) is 17.4 Å². The van der Waals surface area contributed by atoms with E-state index in [1.807, 2.05) is 0 Å². The summed E-state index contributed by atoms with van der Waals surface area (Å²) in [6.07, 6.45) is 2.59. The highest BCUT2D eigenvalue weighted by molar-refractivity contribution is 6.31. The maximum absolute atomic E-state index is 13.5. The number of carbonyl (C=O) groups is 2. The molecule has 0 spiro atoms. The van der Waals surface area contributed by atoms with E-state index >= 15 is 0 Å². The Balaban J connectivity index is 1.37. The Bertz CT molecular complexity index is 950. The van der Waals surface area contributed by atoms with Crippen LogP contribution in [-0.2, 0) is 16.1 Å². The molecule has 0 aliphatic heterocycles. The van der Waals surface area contributed by atoms with E-state index in [0.29, 0.717) is 31.2 Å². The zero-order valence-electron chi connectivity index (χ0n) is 16.6. The monoisotopic (exact) mass is 470 g/mol. The predicted molar refractivity (Wildman–Crippen MR) is 114 cm³/mol. The van der Waals surface area contributed by atoms with Crippen LogP contribution in [0.1, 0.15) is 31.2 Å². The smallest absolute Gasteiger partial charge is 0.258 e. The third kappa shape index (κ3) is 6.80. The Morgan fingerprint density at radius 1 is 0.968 bits per heavy atom. The molecule has 0 bridgehead atoms. The highest BCUT2D eigenvalue weighted by atomic mass is 35.5. The maximum atomic E-state index is 13.5. The highest BCUT2D eigenvalue weighted by Gasteiger charge is 2.27. The lowest BCUT2D eigenvalue weighted by Gasteiger charge is -2.28. The van der Waals surface area contributed by atoms with Crippen molar-refractivity contribution in [3.8, 4) is 5.75 Å². The van der Waals surface area contributed by atoms with Crippen molar-refractivity contribution >= 4 is 35.0 Å². The number of hydrogen-bond donors (Lipinski definition) is 2. The molecule has 166 valence electrons. The van der Waals surface area contributed by atoms with E-state index in [1.54, 1.807) is 6.07 Å². The van der Waals surface area contributed by atoms with Gasteiger partial charge >= 0.3 is 0 Å². The molecule has 0 radical (unpaired) electrons. The molecule has 3 rings (SSSR count). The minimum absolute atomic E-state index is 0.0158. The van der Waals surface area contributed by atoms with Gasteiger partial charge in [-0.1, -0.05) is 29.3 Å². The van der Waals surface area contributed by atoms with E-state index in [-0.39, 0.29) is 52.7 Å². The third-order valence-electron chi connectivity index (χ3n) is 5.17. The van der Waals surface area contributed by atoms with Crippen molar-refractivity contribution in [3.05, 3.63) is 63.6 Å². The molecule has 1 aliphatic carbocycles. The normalized spacial score (nSPS) is 18.3. The second-order valence-corrected chi connectivity index (χ2v) is 8.26. The Labute approximate surface area is 189 Å². The number of nitrogens with one attached hydrogen (secondary N) is 2. The number of carbonyl (C=O) groups excluding carboxylic acids is 2. The first kappa shape index (κ1) is 23.3. The average Bonchev–Trinajstić information content (AvgIpc) is 2.75. The molecule has 9 heteroatoms. The minimum Gasteiger partial charge on any atom is -0.484 e. The van der Waals surface area contributed by atoms with E-state index in [2.05, 4.69) is 10.6 Å². The molecular formula is C22H22Cl2F2N2O3. The van der Waals surface area contributed by atoms with Crippen LogP contribution in [0.2, 0.25) is 10.0 Å². The fourth-order valence-corrected chi connectivity index (χ4v) is 3.70. The Hall–Kier alpha value is -2.38. The Morgan fingerprint density at radius 2 is 1.61 bits per heavy atom. The van der Waals surface area contributed by atoms with Crippen molar-refractivity contribution in [2.24, 2.45) is 5.92 Å². The molecule has 1 fully saturated rings. The van der Waals surface area contributed by atoms with Gasteiger partial charge in [0, 0.05) is 24.6 Å². The molecule has 31 heavy (non-hydrogen) atoms. The second kappa shape index (κ2) is 10.8. The van der Waals surface area contributed by atoms with Crippen LogP contribution in [0.4, 0.5) is 8.78 Å². The molecule has 2 amide bonds. The summed E-state index contributed by atoms with van der Waals surface area (Å²) in [5, 5.41) is 5.72. The quantitative estimate of drug-likeness (QED) is 0.619. The summed E-state index contributed by atoms with van der Waals surface area (Å²) in [5.41, 5.74) is 0.636. The van der Waals surface area contributed by atoms with Crippen molar-refractivity contribution in [3.63, 3.8) is 0 Å². The zero-order chi connectivity index (χ0) is 22.4. The average molecular weight is 471 g/mol. The van der Waals surface area contributed by atoms with Crippen LogP contribution in [0.25, 0.3) is 0 Å². The van der Waals surface area contributed by atoms with Gasteiger partial charge in [0.25, 0.3) is 5.91 Å². The number of amides is 2. The van der Waals surface area contributed by atoms with Crippen LogP contribution in [0, 0.1) is 17.6 Å². The number of hydrogen-bond acceptors (Lipinski definition) is 3.